The largest absolute Gasteiger partial charge is 0.496 e. The van der Waals surface area contributed by atoms with Crippen LogP contribution in [0, 0.1) is 11.3 Å². The number of Topliss-reactive ketones (excluding diaryl/α,β-unsaturated/α-hetero) is 1. The summed E-state index contributed by atoms with van der Waals surface area (Å²) in [5.74, 6) is 0.533. The van der Waals surface area contributed by atoms with Gasteiger partial charge in [0.1, 0.15) is 17.5 Å². The molecule has 0 aliphatic rings. The standard InChI is InChI=1S/C17H16N2O2/c1-12(13(2)20)17(19-10-6-7-14(19)11-18)15-8-4-5-9-16(15)21-3/h4-10,17H,1H2,2-3H3/t17-/m0/s1. The van der Waals surface area contributed by atoms with Crippen LogP contribution >= 0.6 is 0 Å². The Kier molecular flexibility index (Phi) is 4.24. The number of ketones is 1. The number of carbonyl (C=O) groups is 1. The zero-order valence-corrected chi connectivity index (χ0v) is 12.0. The molecule has 0 fully saturated rings. The van der Waals surface area contributed by atoms with Crippen molar-refractivity contribution in [2.75, 3.05) is 7.11 Å². The first-order valence-corrected chi connectivity index (χ1v) is 6.49. The monoisotopic (exact) mass is 280 g/mol. The first-order chi connectivity index (χ1) is 10.1. The molecular formula is C17H16N2O2. The number of nitriles is 1. The van der Waals surface area contributed by atoms with E-state index in [-0.39, 0.29) is 5.78 Å². The van der Waals surface area contributed by atoms with Gasteiger partial charge in [-0.3, -0.25) is 4.79 Å². The summed E-state index contributed by atoms with van der Waals surface area (Å²) in [4.78, 5) is 11.8. The number of carbonyl (C=O) groups excluding carboxylic acids is 1. The molecule has 1 heterocycles. The molecule has 0 radical (unpaired) electrons. The average molecular weight is 280 g/mol. The lowest BCUT2D eigenvalue weighted by Crippen LogP contribution is -2.18. The van der Waals surface area contributed by atoms with E-state index in [2.05, 4.69) is 12.6 Å². The third-order valence-electron chi connectivity index (χ3n) is 3.39. The van der Waals surface area contributed by atoms with Gasteiger partial charge in [-0.2, -0.15) is 5.26 Å². The maximum Gasteiger partial charge on any atom is 0.157 e. The van der Waals surface area contributed by atoms with Gasteiger partial charge in [0.25, 0.3) is 0 Å². The molecule has 4 heteroatoms. The van der Waals surface area contributed by atoms with E-state index in [1.165, 1.54) is 6.92 Å². The number of hydrogen-bond donors (Lipinski definition) is 0. The van der Waals surface area contributed by atoms with Gasteiger partial charge in [-0.05, 0) is 25.1 Å². The van der Waals surface area contributed by atoms with Crippen molar-refractivity contribution < 1.29 is 9.53 Å². The molecule has 0 bridgehead atoms. The quantitative estimate of drug-likeness (QED) is 0.791. The predicted octanol–water partition coefficient (Wildman–Crippen LogP) is 3.10. The Morgan fingerprint density at radius 2 is 2.05 bits per heavy atom. The normalized spacial score (nSPS) is 11.5. The van der Waals surface area contributed by atoms with Gasteiger partial charge in [-0.25, -0.2) is 0 Å². The van der Waals surface area contributed by atoms with Crippen LogP contribution in [0.5, 0.6) is 5.75 Å². The van der Waals surface area contributed by atoms with Crippen LogP contribution in [0.15, 0.2) is 54.7 Å². The van der Waals surface area contributed by atoms with E-state index in [0.717, 1.165) is 5.56 Å². The molecule has 0 aliphatic heterocycles. The predicted molar refractivity (Wildman–Crippen MR) is 80.1 cm³/mol. The van der Waals surface area contributed by atoms with Crippen LogP contribution in [0.4, 0.5) is 0 Å². The van der Waals surface area contributed by atoms with Crippen molar-refractivity contribution in [3.63, 3.8) is 0 Å². The second-order valence-electron chi connectivity index (χ2n) is 4.64. The summed E-state index contributed by atoms with van der Waals surface area (Å²) in [5.41, 5.74) is 1.67. The zero-order chi connectivity index (χ0) is 15.4. The second kappa shape index (κ2) is 6.10. The number of methoxy groups -OCH3 is 1. The number of ether oxygens (including phenoxy) is 1. The van der Waals surface area contributed by atoms with Crippen LogP contribution in [0.25, 0.3) is 0 Å². The van der Waals surface area contributed by atoms with Gasteiger partial charge in [0.2, 0.25) is 0 Å². The molecular weight excluding hydrogens is 264 g/mol. The number of hydrogen-bond acceptors (Lipinski definition) is 3. The third-order valence-corrected chi connectivity index (χ3v) is 3.39. The molecule has 0 saturated heterocycles. The van der Waals surface area contributed by atoms with Crippen molar-refractivity contribution in [1.29, 1.82) is 5.26 Å². The highest BCUT2D eigenvalue weighted by Gasteiger charge is 2.24. The van der Waals surface area contributed by atoms with Gasteiger partial charge in [-0.15, -0.1) is 0 Å². The van der Waals surface area contributed by atoms with Gasteiger partial charge in [-0.1, -0.05) is 24.8 Å². The van der Waals surface area contributed by atoms with E-state index in [4.69, 9.17) is 4.74 Å². The van der Waals surface area contributed by atoms with Gasteiger partial charge >= 0.3 is 0 Å². The lowest BCUT2D eigenvalue weighted by atomic mass is 9.96. The smallest absolute Gasteiger partial charge is 0.157 e. The van der Waals surface area contributed by atoms with Crippen LogP contribution in [0.2, 0.25) is 0 Å². The highest BCUT2D eigenvalue weighted by molar-refractivity contribution is 5.94. The molecule has 4 nitrogen and oxygen atoms in total. The van der Waals surface area contributed by atoms with E-state index in [1.807, 2.05) is 24.3 Å². The minimum absolute atomic E-state index is 0.122. The van der Waals surface area contributed by atoms with Crippen molar-refractivity contribution in [2.24, 2.45) is 0 Å². The summed E-state index contributed by atoms with van der Waals surface area (Å²) in [5, 5.41) is 9.23. The zero-order valence-electron chi connectivity index (χ0n) is 12.0. The van der Waals surface area contributed by atoms with E-state index >= 15 is 0 Å². The fraction of sp³-hybridized carbons (Fsp3) is 0.176. The fourth-order valence-electron chi connectivity index (χ4n) is 2.30. The maximum atomic E-state index is 11.8. The first kappa shape index (κ1) is 14.6. The van der Waals surface area contributed by atoms with Crippen molar-refractivity contribution in [2.45, 2.75) is 13.0 Å². The van der Waals surface area contributed by atoms with E-state index in [0.29, 0.717) is 17.0 Å². The van der Waals surface area contributed by atoms with Crippen LogP contribution in [0.3, 0.4) is 0 Å². The summed E-state index contributed by atoms with van der Waals surface area (Å²) in [6, 6.07) is 12.6. The average Bonchev–Trinajstić information content (AvgIpc) is 2.96. The number of nitrogens with zero attached hydrogens (tertiary/aromatic N) is 2. The molecule has 1 atom stereocenters. The molecule has 0 N–H and O–H groups in total. The van der Waals surface area contributed by atoms with Crippen LogP contribution < -0.4 is 4.74 Å². The highest BCUT2D eigenvalue weighted by Crippen LogP contribution is 2.33. The topological polar surface area (TPSA) is 55.0 Å². The van der Waals surface area contributed by atoms with Crippen LogP contribution in [-0.2, 0) is 4.79 Å². The molecule has 0 spiro atoms. The Balaban J connectivity index is 2.65. The molecule has 21 heavy (non-hydrogen) atoms. The summed E-state index contributed by atoms with van der Waals surface area (Å²) in [6.07, 6.45) is 1.77. The van der Waals surface area contributed by atoms with Gasteiger partial charge in [0.15, 0.2) is 5.78 Å². The Labute approximate surface area is 123 Å². The first-order valence-electron chi connectivity index (χ1n) is 6.49. The van der Waals surface area contributed by atoms with Crippen molar-refractivity contribution in [1.82, 2.24) is 4.57 Å². The summed E-state index contributed by atoms with van der Waals surface area (Å²) in [7, 11) is 1.58. The Morgan fingerprint density at radius 1 is 1.33 bits per heavy atom. The lowest BCUT2D eigenvalue weighted by molar-refractivity contribution is -0.113. The second-order valence-corrected chi connectivity index (χ2v) is 4.64. The summed E-state index contributed by atoms with van der Waals surface area (Å²) >= 11 is 0. The third kappa shape index (κ3) is 2.72. The van der Waals surface area contributed by atoms with E-state index in [1.54, 1.807) is 30.0 Å². The molecule has 1 aromatic heterocycles. The molecule has 2 rings (SSSR count). The number of benzene rings is 1. The number of allylic oxidation sites excluding steroid dienone is 1. The van der Waals surface area contributed by atoms with Crippen LogP contribution in [0.1, 0.15) is 24.2 Å². The van der Waals surface area contributed by atoms with Gasteiger partial charge in [0, 0.05) is 17.3 Å². The van der Waals surface area contributed by atoms with Crippen LogP contribution in [-0.4, -0.2) is 17.5 Å². The van der Waals surface area contributed by atoms with Gasteiger partial charge in [0.05, 0.1) is 13.2 Å². The molecule has 0 saturated carbocycles. The lowest BCUT2D eigenvalue weighted by Gasteiger charge is -2.23. The van der Waals surface area contributed by atoms with Gasteiger partial charge < -0.3 is 9.30 Å². The Morgan fingerprint density at radius 3 is 2.67 bits per heavy atom. The number of rotatable bonds is 5. The van der Waals surface area contributed by atoms with Crippen molar-refractivity contribution in [3.8, 4) is 11.8 Å². The molecule has 1 aromatic carbocycles. The molecule has 2 aromatic rings. The molecule has 106 valence electrons. The number of para-hydroxylation sites is 1. The summed E-state index contributed by atoms with van der Waals surface area (Å²) < 4.78 is 7.12. The van der Waals surface area contributed by atoms with Crippen molar-refractivity contribution >= 4 is 5.78 Å². The highest BCUT2D eigenvalue weighted by atomic mass is 16.5. The minimum Gasteiger partial charge on any atom is -0.496 e. The SMILES string of the molecule is C=C(C(C)=O)[C@@H](c1ccccc1OC)n1cccc1C#N. The molecule has 0 unspecified atom stereocenters. The van der Waals surface area contributed by atoms with Crippen molar-refractivity contribution in [3.05, 3.63) is 66.0 Å². The molecule has 0 aliphatic carbocycles. The maximum absolute atomic E-state index is 11.8. The van der Waals surface area contributed by atoms with E-state index in [9.17, 15) is 10.1 Å². The fourth-order valence-corrected chi connectivity index (χ4v) is 2.30. The molecule has 0 amide bonds. The minimum atomic E-state index is -0.455. The van der Waals surface area contributed by atoms with E-state index < -0.39 is 6.04 Å². The number of aromatic nitrogens is 1. The summed E-state index contributed by atoms with van der Waals surface area (Å²) in [6.45, 7) is 5.37. The Bertz CT molecular complexity index is 722. The Hall–Kier alpha value is -2.80.